The second kappa shape index (κ2) is 9.94. The van der Waals surface area contributed by atoms with E-state index in [2.05, 4.69) is 0 Å². The molecule has 0 amide bonds. The predicted octanol–water partition coefficient (Wildman–Crippen LogP) is 4.16. The van der Waals surface area contributed by atoms with Crippen LogP contribution >= 0.6 is 0 Å². The van der Waals surface area contributed by atoms with Crippen molar-refractivity contribution in [3.05, 3.63) is 53.6 Å². The molecular weight excluding hydrogens is 316 g/mol. The van der Waals surface area contributed by atoms with Gasteiger partial charge in [0.25, 0.3) is 0 Å². The molecule has 1 N–H and O–H groups in total. The van der Waals surface area contributed by atoms with Crippen LogP contribution in [0, 0.1) is 6.92 Å². The van der Waals surface area contributed by atoms with E-state index in [1.54, 1.807) is 18.2 Å². The molecule has 0 aliphatic carbocycles. The lowest BCUT2D eigenvalue weighted by molar-refractivity contribution is 0.0976. The first kappa shape index (κ1) is 11.4. The summed E-state index contributed by atoms with van der Waals surface area (Å²) in [6, 6.07) is 11.0. The first-order chi connectivity index (χ1) is 14.7. The molecule has 1 atom stereocenters. The Morgan fingerprint density at radius 2 is 2.00 bits per heavy atom. The molecule has 0 bridgehead atoms. The van der Waals surface area contributed by atoms with Gasteiger partial charge >= 0.3 is 0 Å². The minimum atomic E-state index is -2.66. The molecule has 1 unspecified atom stereocenters. The lowest BCUT2D eigenvalue weighted by atomic mass is 10.0. The molecule has 0 aliphatic heterocycles. The highest BCUT2D eigenvalue weighted by atomic mass is 16.5. The first-order valence-electron chi connectivity index (χ1n) is 11.5. The standard InChI is InChI=1S/C21H28O4/c1-16-7-6-10-19(13-16)25-15-18(22)9-5-4-8-17-11-12-20(23-2)21(14-17)24-3/h6-7,10-14,18,22H,4-5,8-9,15H2,1-3H3/i2D3,8D2,15D2. The quantitative estimate of drug-likeness (QED) is 0.698. The van der Waals surface area contributed by atoms with Crippen molar-refractivity contribution in [3.8, 4) is 17.2 Å². The van der Waals surface area contributed by atoms with Crippen molar-refractivity contribution in [3.63, 3.8) is 0 Å². The number of aliphatic hydroxyl groups is 1. The highest BCUT2D eigenvalue weighted by Gasteiger charge is 2.07. The molecule has 136 valence electrons. The number of rotatable bonds is 10. The second-order valence-electron chi connectivity index (χ2n) is 5.59. The zero-order valence-corrected chi connectivity index (χ0v) is 14.4. The van der Waals surface area contributed by atoms with Crippen molar-refractivity contribution in [2.45, 2.75) is 38.7 Å². The Balaban J connectivity index is 2.00. The molecule has 0 aliphatic rings. The zero-order chi connectivity index (χ0) is 24.2. The smallest absolute Gasteiger partial charge is 0.160 e. The maximum absolute atomic E-state index is 10.3. The molecule has 0 saturated carbocycles. The number of aryl methyl sites for hydroxylation is 2. The van der Waals surface area contributed by atoms with E-state index in [1.807, 2.05) is 13.0 Å². The summed E-state index contributed by atoms with van der Waals surface area (Å²) in [5.41, 5.74) is 1.15. The summed E-state index contributed by atoms with van der Waals surface area (Å²) in [5, 5.41) is 10.3. The van der Waals surface area contributed by atoms with E-state index >= 15 is 0 Å². The maximum atomic E-state index is 10.3. The van der Waals surface area contributed by atoms with E-state index in [0.717, 1.165) is 5.56 Å². The number of aliphatic hydroxyl groups excluding tert-OH is 1. The lowest BCUT2D eigenvalue weighted by Crippen LogP contribution is -2.17. The van der Waals surface area contributed by atoms with Crippen LogP contribution in [0.3, 0.4) is 0 Å². The molecule has 0 fully saturated rings. The van der Waals surface area contributed by atoms with Gasteiger partial charge in [-0.1, -0.05) is 24.6 Å². The second-order valence-corrected chi connectivity index (χ2v) is 5.59. The highest BCUT2D eigenvalue weighted by Crippen LogP contribution is 2.28. The average Bonchev–Trinajstić information content (AvgIpc) is 2.66. The summed E-state index contributed by atoms with van der Waals surface area (Å²) < 4.78 is 69.6. The number of methoxy groups -OCH3 is 2. The molecule has 2 aromatic rings. The number of ether oxygens (including phenoxy) is 3. The predicted molar refractivity (Wildman–Crippen MR) is 99.8 cm³/mol. The van der Waals surface area contributed by atoms with E-state index in [0.29, 0.717) is 5.75 Å². The summed E-state index contributed by atoms with van der Waals surface area (Å²) in [6.45, 7) is -0.490. The Labute approximate surface area is 160 Å². The molecule has 0 saturated heterocycles. The van der Waals surface area contributed by atoms with E-state index in [9.17, 15) is 5.11 Å². The molecule has 4 heteroatoms. The molecular formula is C21H28O4. The van der Waals surface area contributed by atoms with Crippen LogP contribution in [0.1, 0.15) is 40.0 Å². The van der Waals surface area contributed by atoms with Crippen molar-refractivity contribution < 1.29 is 28.9 Å². The fourth-order valence-corrected chi connectivity index (χ4v) is 2.26. The van der Waals surface area contributed by atoms with Gasteiger partial charge in [0.05, 0.1) is 27.1 Å². The fourth-order valence-electron chi connectivity index (χ4n) is 2.26. The Kier molecular flexibility index (Phi) is 4.54. The van der Waals surface area contributed by atoms with Gasteiger partial charge in [0, 0.05) is 2.74 Å². The largest absolute Gasteiger partial charge is 0.493 e. The van der Waals surface area contributed by atoms with Gasteiger partial charge in [-0.05, 0) is 61.5 Å². The lowest BCUT2D eigenvalue weighted by Gasteiger charge is -2.13. The highest BCUT2D eigenvalue weighted by molar-refractivity contribution is 5.42. The molecule has 0 heterocycles. The van der Waals surface area contributed by atoms with Crippen molar-refractivity contribution in [2.24, 2.45) is 0 Å². The molecule has 25 heavy (non-hydrogen) atoms. The minimum absolute atomic E-state index is 0.00673. The van der Waals surface area contributed by atoms with Gasteiger partial charge in [0.1, 0.15) is 12.3 Å². The van der Waals surface area contributed by atoms with Crippen LogP contribution in [0.2, 0.25) is 0 Å². The van der Waals surface area contributed by atoms with Crippen LogP contribution < -0.4 is 14.2 Å². The molecule has 4 nitrogen and oxygen atoms in total. The minimum Gasteiger partial charge on any atom is -0.493 e. The topological polar surface area (TPSA) is 47.9 Å². The van der Waals surface area contributed by atoms with E-state index in [-0.39, 0.29) is 36.3 Å². The Bertz CT molecular complexity index is 900. The van der Waals surface area contributed by atoms with Crippen LogP contribution in [0.25, 0.3) is 0 Å². The van der Waals surface area contributed by atoms with E-state index in [4.69, 9.17) is 23.8 Å². The van der Waals surface area contributed by atoms with Gasteiger partial charge in [0.2, 0.25) is 0 Å². The monoisotopic (exact) mass is 351 g/mol. The summed E-state index contributed by atoms with van der Waals surface area (Å²) in [7, 11) is -1.34. The molecule has 2 rings (SSSR count). The Morgan fingerprint density at radius 3 is 2.76 bits per heavy atom. The zero-order valence-electron chi connectivity index (χ0n) is 21.4. The molecule has 0 aromatic heterocycles. The van der Waals surface area contributed by atoms with Gasteiger partial charge in [-0.25, -0.2) is 0 Å². The third-order valence-electron chi connectivity index (χ3n) is 3.56. The summed E-state index contributed by atoms with van der Waals surface area (Å²) in [5.74, 6) is 0.366. The van der Waals surface area contributed by atoms with Crippen LogP contribution in [0.4, 0.5) is 0 Å². The van der Waals surface area contributed by atoms with Crippen molar-refractivity contribution >= 4 is 0 Å². The summed E-state index contributed by atoms with van der Waals surface area (Å²) >= 11 is 0. The Hall–Kier alpha value is -2.20. The van der Waals surface area contributed by atoms with Crippen molar-refractivity contribution in [2.75, 3.05) is 20.7 Å². The van der Waals surface area contributed by atoms with E-state index < -0.39 is 26.1 Å². The first-order valence-corrected chi connectivity index (χ1v) is 8.05. The Morgan fingerprint density at radius 1 is 1.12 bits per heavy atom. The third kappa shape index (κ3) is 6.31. The van der Waals surface area contributed by atoms with E-state index in [1.165, 1.54) is 25.3 Å². The van der Waals surface area contributed by atoms with Crippen LogP contribution in [-0.2, 0) is 6.37 Å². The van der Waals surface area contributed by atoms with Gasteiger partial charge < -0.3 is 19.3 Å². The van der Waals surface area contributed by atoms with Gasteiger partial charge in [-0.3, -0.25) is 0 Å². The van der Waals surface area contributed by atoms with Gasteiger partial charge in [0.15, 0.2) is 11.5 Å². The van der Waals surface area contributed by atoms with Crippen molar-refractivity contribution in [1.82, 2.24) is 0 Å². The SMILES string of the molecule is [2H]C([2H])([2H])Oc1ccc(C([2H])([2H])CCCC(O)C([2H])([2H])Oc2cccc(C)c2)cc1OC. The normalized spacial score (nSPS) is 17.6. The van der Waals surface area contributed by atoms with Crippen molar-refractivity contribution in [1.29, 1.82) is 0 Å². The number of hydrogen-bond acceptors (Lipinski definition) is 4. The molecule has 0 radical (unpaired) electrons. The van der Waals surface area contributed by atoms with Gasteiger partial charge in [-0.2, -0.15) is 0 Å². The van der Waals surface area contributed by atoms with Gasteiger partial charge in [-0.15, -0.1) is 0 Å². The van der Waals surface area contributed by atoms with Crippen LogP contribution in [0.15, 0.2) is 42.5 Å². The maximum Gasteiger partial charge on any atom is 0.160 e. The fraction of sp³-hybridized carbons (Fsp3) is 0.429. The molecule has 2 aromatic carbocycles. The third-order valence-corrected chi connectivity index (χ3v) is 3.56. The number of hydrogen-bond donors (Lipinski definition) is 1. The summed E-state index contributed by atoms with van der Waals surface area (Å²) in [6.07, 6.45) is -3.12. The molecule has 0 spiro atoms. The van der Waals surface area contributed by atoms with Crippen LogP contribution in [0.5, 0.6) is 17.2 Å². The summed E-state index contributed by atoms with van der Waals surface area (Å²) in [4.78, 5) is 0. The number of benzene rings is 2. The average molecular weight is 351 g/mol. The van der Waals surface area contributed by atoms with Crippen LogP contribution in [-0.4, -0.2) is 31.9 Å².